The highest BCUT2D eigenvalue weighted by Gasteiger charge is 2.21. The second-order valence-electron chi connectivity index (χ2n) is 4.68. The second-order valence-corrected chi connectivity index (χ2v) is 6.45. The van der Waals surface area contributed by atoms with Crippen molar-refractivity contribution in [1.82, 2.24) is 4.72 Å². The average molecular weight is 324 g/mol. The van der Waals surface area contributed by atoms with Crippen LogP contribution in [0.15, 0.2) is 47.4 Å². The van der Waals surface area contributed by atoms with Gasteiger partial charge in [0.1, 0.15) is 0 Å². The first-order valence-corrected chi connectivity index (χ1v) is 7.77. The molecule has 0 fully saturated rings. The molecule has 0 saturated carbocycles. The van der Waals surface area contributed by atoms with Crippen LogP contribution in [0.3, 0.4) is 0 Å². The van der Waals surface area contributed by atoms with E-state index >= 15 is 0 Å². The van der Waals surface area contributed by atoms with E-state index in [9.17, 15) is 22.9 Å². The van der Waals surface area contributed by atoms with Crippen LogP contribution in [0.2, 0.25) is 0 Å². The van der Waals surface area contributed by atoms with Gasteiger partial charge in [0.05, 0.1) is 9.82 Å². The van der Waals surface area contributed by atoms with E-state index < -0.39 is 26.5 Å². The smallest absolute Gasteiger partial charge is 0.258 e. The summed E-state index contributed by atoms with van der Waals surface area (Å²) >= 11 is 0. The number of hydrogen-bond donors (Lipinski definition) is 1. The molecule has 0 aliphatic carbocycles. The first-order valence-electron chi connectivity index (χ1n) is 6.29. The first-order chi connectivity index (χ1) is 10.3. The minimum absolute atomic E-state index is 0.0355. The lowest BCUT2D eigenvalue weighted by Gasteiger charge is -2.07. The summed E-state index contributed by atoms with van der Waals surface area (Å²) in [7, 11) is -3.96. The van der Waals surface area contributed by atoms with Crippen molar-refractivity contribution in [3.8, 4) is 0 Å². The molecule has 0 unspecified atom stereocenters. The number of benzene rings is 2. The summed E-state index contributed by atoms with van der Waals surface area (Å²) in [5.41, 5.74) is 0.907. The molecule has 0 bridgehead atoms. The van der Waals surface area contributed by atoms with Crippen LogP contribution in [0.5, 0.6) is 0 Å². The summed E-state index contributed by atoms with van der Waals surface area (Å²) in [6, 6.07) is 9.67. The van der Waals surface area contributed by atoms with Crippen molar-refractivity contribution >= 4 is 15.7 Å². The number of rotatable bonds is 5. The Morgan fingerprint density at radius 3 is 2.41 bits per heavy atom. The molecular weight excluding hydrogens is 311 g/mol. The van der Waals surface area contributed by atoms with E-state index in [2.05, 4.69) is 4.72 Å². The topological polar surface area (TPSA) is 89.3 Å². The van der Waals surface area contributed by atoms with Crippen molar-refractivity contribution in [1.29, 1.82) is 0 Å². The third kappa shape index (κ3) is 3.66. The maximum atomic E-state index is 13.2. The van der Waals surface area contributed by atoms with Crippen LogP contribution in [-0.2, 0) is 16.6 Å². The molecule has 8 heteroatoms. The minimum Gasteiger partial charge on any atom is -0.258 e. The van der Waals surface area contributed by atoms with Gasteiger partial charge in [0.15, 0.2) is 0 Å². The van der Waals surface area contributed by atoms with Gasteiger partial charge in [0.25, 0.3) is 0 Å². The monoisotopic (exact) mass is 324 g/mol. The van der Waals surface area contributed by atoms with Gasteiger partial charge in [0, 0.05) is 12.6 Å². The molecule has 0 amide bonds. The number of halogens is 1. The van der Waals surface area contributed by atoms with E-state index in [1.54, 1.807) is 12.1 Å². The van der Waals surface area contributed by atoms with Crippen molar-refractivity contribution in [3.05, 3.63) is 69.5 Å². The first kappa shape index (κ1) is 16.1. The molecule has 1 N–H and O–H groups in total. The molecule has 0 aliphatic rings. The Morgan fingerprint density at radius 1 is 1.18 bits per heavy atom. The molecule has 0 atom stereocenters. The van der Waals surface area contributed by atoms with E-state index in [-0.39, 0.29) is 11.4 Å². The van der Waals surface area contributed by atoms with Crippen LogP contribution in [-0.4, -0.2) is 13.3 Å². The van der Waals surface area contributed by atoms with Crippen molar-refractivity contribution < 1.29 is 17.7 Å². The normalized spacial score (nSPS) is 11.4. The molecule has 6 nitrogen and oxygen atoms in total. The lowest BCUT2D eigenvalue weighted by molar-refractivity contribution is -0.387. The second kappa shape index (κ2) is 6.20. The SMILES string of the molecule is Cc1ccc(CNS(=O)(=O)c2ccc(F)c([N+](=O)[O-])c2)cc1. The van der Waals surface area contributed by atoms with Gasteiger partial charge in [0.2, 0.25) is 15.8 Å². The molecular formula is C14H13FN2O4S. The Balaban J connectivity index is 2.21. The number of nitro benzene ring substituents is 1. The lowest BCUT2D eigenvalue weighted by atomic mass is 10.2. The molecule has 0 radical (unpaired) electrons. The fraction of sp³-hybridized carbons (Fsp3) is 0.143. The molecule has 2 aromatic carbocycles. The maximum absolute atomic E-state index is 13.2. The van der Waals surface area contributed by atoms with Crippen LogP contribution in [0.4, 0.5) is 10.1 Å². The number of nitro groups is 1. The van der Waals surface area contributed by atoms with E-state index in [4.69, 9.17) is 0 Å². The molecule has 116 valence electrons. The van der Waals surface area contributed by atoms with Crippen LogP contribution < -0.4 is 4.72 Å². The summed E-state index contributed by atoms with van der Waals surface area (Å²) < 4.78 is 39.8. The summed E-state index contributed by atoms with van der Waals surface area (Å²) in [4.78, 5) is 9.34. The number of nitrogens with zero attached hydrogens (tertiary/aromatic N) is 1. The Labute approximate surface area is 126 Å². The summed E-state index contributed by atoms with van der Waals surface area (Å²) in [6.45, 7) is 1.94. The molecule has 0 saturated heterocycles. The summed E-state index contributed by atoms with van der Waals surface area (Å²) in [5.74, 6) is -1.08. The van der Waals surface area contributed by atoms with Crippen molar-refractivity contribution in [3.63, 3.8) is 0 Å². The lowest BCUT2D eigenvalue weighted by Crippen LogP contribution is -2.23. The van der Waals surface area contributed by atoms with Crippen molar-refractivity contribution in [2.75, 3.05) is 0 Å². The van der Waals surface area contributed by atoms with Crippen molar-refractivity contribution in [2.45, 2.75) is 18.4 Å². The average Bonchev–Trinajstić information content (AvgIpc) is 2.46. The predicted molar refractivity (Wildman–Crippen MR) is 78.3 cm³/mol. The van der Waals surface area contributed by atoms with E-state index in [0.717, 1.165) is 23.3 Å². The van der Waals surface area contributed by atoms with Crippen LogP contribution in [0.1, 0.15) is 11.1 Å². The third-order valence-corrected chi connectivity index (χ3v) is 4.41. The zero-order valence-corrected chi connectivity index (χ0v) is 12.4. The summed E-state index contributed by atoms with van der Waals surface area (Å²) in [6.07, 6.45) is 0. The predicted octanol–water partition coefficient (Wildman–Crippen LogP) is 2.52. The Morgan fingerprint density at radius 2 is 1.82 bits per heavy atom. The van der Waals surface area contributed by atoms with E-state index in [0.29, 0.717) is 6.07 Å². The largest absolute Gasteiger partial charge is 0.306 e. The fourth-order valence-corrected chi connectivity index (χ4v) is 2.80. The highest BCUT2D eigenvalue weighted by atomic mass is 32.2. The minimum atomic E-state index is -3.96. The van der Waals surface area contributed by atoms with Gasteiger partial charge >= 0.3 is 5.69 Å². The Hall–Kier alpha value is -2.32. The van der Waals surface area contributed by atoms with Crippen LogP contribution in [0.25, 0.3) is 0 Å². The van der Waals surface area contributed by atoms with Gasteiger partial charge in [-0.3, -0.25) is 10.1 Å². The quantitative estimate of drug-likeness (QED) is 0.676. The molecule has 0 heterocycles. The van der Waals surface area contributed by atoms with E-state index in [1.807, 2.05) is 19.1 Å². The van der Waals surface area contributed by atoms with Gasteiger partial charge in [-0.2, -0.15) is 4.39 Å². The molecule has 0 aromatic heterocycles. The number of hydrogen-bond acceptors (Lipinski definition) is 4. The van der Waals surface area contributed by atoms with Gasteiger partial charge in [-0.25, -0.2) is 13.1 Å². The fourth-order valence-electron chi connectivity index (χ4n) is 1.77. The highest BCUT2D eigenvalue weighted by Crippen LogP contribution is 2.21. The maximum Gasteiger partial charge on any atom is 0.306 e. The molecule has 22 heavy (non-hydrogen) atoms. The number of aryl methyl sites for hydroxylation is 1. The van der Waals surface area contributed by atoms with E-state index in [1.165, 1.54) is 0 Å². The summed E-state index contributed by atoms with van der Waals surface area (Å²) in [5, 5.41) is 10.7. The number of nitrogens with one attached hydrogen (secondary N) is 1. The molecule has 0 aliphatic heterocycles. The number of sulfonamides is 1. The zero-order chi connectivity index (χ0) is 16.3. The van der Waals surface area contributed by atoms with Gasteiger partial charge in [-0.1, -0.05) is 29.8 Å². The highest BCUT2D eigenvalue weighted by molar-refractivity contribution is 7.89. The van der Waals surface area contributed by atoms with Crippen LogP contribution >= 0.6 is 0 Å². The molecule has 0 spiro atoms. The Bertz CT molecular complexity index is 804. The van der Waals surface area contributed by atoms with Gasteiger partial charge < -0.3 is 0 Å². The standard InChI is InChI=1S/C14H13FN2O4S/c1-10-2-4-11(5-3-10)9-16-22(20,21)12-6-7-13(15)14(8-12)17(18)19/h2-8,16H,9H2,1H3. The third-order valence-electron chi connectivity index (χ3n) is 3.01. The molecule has 2 rings (SSSR count). The molecule has 2 aromatic rings. The zero-order valence-electron chi connectivity index (χ0n) is 11.6. The van der Waals surface area contributed by atoms with Gasteiger partial charge in [-0.05, 0) is 24.6 Å². The van der Waals surface area contributed by atoms with Crippen molar-refractivity contribution in [2.24, 2.45) is 0 Å². The Kier molecular flexibility index (Phi) is 4.53. The van der Waals surface area contributed by atoms with Gasteiger partial charge in [-0.15, -0.1) is 0 Å². The van der Waals surface area contributed by atoms with Crippen LogP contribution in [0, 0.1) is 22.9 Å².